The lowest BCUT2D eigenvalue weighted by Gasteiger charge is -2.30. The Bertz CT molecular complexity index is 1680. The maximum absolute atomic E-state index is 13.8. The van der Waals surface area contributed by atoms with Gasteiger partial charge in [-0.1, -0.05) is 30.3 Å². The van der Waals surface area contributed by atoms with Gasteiger partial charge in [0, 0.05) is 56.3 Å². The normalized spacial score (nSPS) is 17.9. The SMILES string of the molecule is CCOC(=O)C1CCN(S(=O)(=O)c2ccc(C(=O)Nc3sc4c(c3C(=O)N3CCCC3)CCN(Cc3ccccc3)C4)cc2)CC1. The van der Waals surface area contributed by atoms with E-state index in [1.807, 2.05) is 23.1 Å². The molecular formula is C34H40N4O6S2. The van der Waals surface area contributed by atoms with Crippen LogP contribution in [0.2, 0.25) is 0 Å². The minimum atomic E-state index is -3.79. The largest absolute Gasteiger partial charge is 0.466 e. The van der Waals surface area contributed by atoms with Crippen molar-refractivity contribution in [2.24, 2.45) is 5.92 Å². The Morgan fingerprint density at radius 3 is 2.30 bits per heavy atom. The number of nitrogens with one attached hydrogen (secondary N) is 1. The highest BCUT2D eigenvalue weighted by Crippen LogP contribution is 2.39. The Morgan fingerprint density at radius 2 is 1.63 bits per heavy atom. The number of likely N-dealkylation sites (tertiary alicyclic amines) is 1. The molecule has 12 heteroatoms. The van der Waals surface area contributed by atoms with Crippen LogP contribution in [-0.2, 0) is 39.1 Å². The van der Waals surface area contributed by atoms with Crippen molar-refractivity contribution in [1.29, 1.82) is 0 Å². The third-order valence-electron chi connectivity index (χ3n) is 9.05. The molecule has 0 unspecified atom stereocenters. The lowest BCUT2D eigenvalue weighted by Crippen LogP contribution is -2.40. The van der Waals surface area contributed by atoms with Crippen molar-refractivity contribution in [2.75, 3.05) is 44.6 Å². The Labute approximate surface area is 274 Å². The van der Waals surface area contributed by atoms with Crippen molar-refractivity contribution in [3.63, 3.8) is 0 Å². The van der Waals surface area contributed by atoms with Gasteiger partial charge in [-0.3, -0.25) is 19.3 Å². The van der Waals surface area contributed by atoms with Crippen LogP contribution in [0, 0.1) is 5.92 Å². The van der Waals surface area contributed by atoms with E-state index in [0.717, 1.165) is 42.8 Å². The number of sulfonamides is 1. The first-order valence-corrected chi connectivity index (χ1v) is 18.3. The molecule has 2 fully saturated rings. The number of nitrogens with zero attached hydrogens (tertiary/aromatic N) is 3. The van der Waals surface area contributed by atoms with E-state index in [2.05, 4.69) is 22.3 Å². The highest BCUT2D eigenvalue weighted by atomic mass is 32.2. The summed E-state index contributed by atoms with van der Waals surface area (Å²) in [5, 5.41) is 3.56. The van der Waals surface area contributed by atoms with Crippen LogP contribution in [0.4, 0.5) is 5.00 Å². The van der Waals surface area contributed by atoms with Gasteiger partial charge in [0.2, 0.25) is 10.0 Å². The van der Waals surface area contributed by atoms with Gasteiger partial charge < -0.3 is 15.0 Å². The molecule has 1 N–H and O–H groups in total. The van der Waals surface area contributed by atoms with Gasteiger partial charge in [0.1, 0.15) is 5.00 Å². The van der Waals surface area contributed by atoms with Crippen molar-refractivity contribution in [3.8, 4) is 0 Å². The molecule has 2 saturated heterocycles. The summed E-state index contributed by atoms with van der Waals surface area (Å²) in [5.41, 5.74) is 3.15. The van der Waals surface area contributed by atoms with Gasteiger partial charge in [0.25, 0.3) is 11.8 Å². The van der Waals surface area contributed by atoms with Gasteiger partial charge in [-0.2, -0.15) is 4.31 Å². The van der Waals surface area contributed by atoms with Crippen molar-refractivity contribution >= 4 is 44.1 Å². The molecule has 0 radical (unpaired) electrons. The maximum atomic E-state index is 13.8. The van der Waals surface area contributed by atoms with E-state index in [1.54, 1.807) is 6.92 Å². The van der Waals surface area contributed by atoms with Crippen molar-refractivity contribution in [1.82, 2.24) is 14.1 Å². The van der Waals surface area contributed by atoms with Gasteiger partial charge in [0.15, 0.2) is 0 Å². The van der Waals surface area contributed by atoms with E-state index in [0.29, 0.717) is 55.2 Å². The summed E-state index contributed by atoms with van der Waals surface area (Å²) in [5.74, 6) is -1.00. The molecule has 1 aromatic heterocycles. The van der Waals surface area contributed by atoms with Crippen LogP contribution >= 0.6 is 11.3 Å². The number of rotatable bonds is 9. The fourth-order valence-corrected chi connectivity index (χ4v) is 9.27. The zero-order valence-electron chi connectivity index (χ0n) is 26.1. The number of carbonyl (C=O) groups excluding carboxylic acids is 3. The second kappa shape index (κ2) is 14.0. The summed E-state index contributed by atoms with van der Waals surface area (Å²) >= 11 is 1.46. The van der Waals surface area contributed by atoms with Crippen LogP contribution < -0.4 is 5.32 Å². The number of fused-ring (bicyclic) bond motifs is 1. The zero-order valence-corrected chi connectivity index (χ0v) is 27.7. The number of anilines is 1. The number of amides is 2. The molecule has 2 aromatic carbocycles. The zero-order chi connectivity index (χ0) is 32.3. The average Bonchev–Trinajstić information content (AvgIpc) is 3.73. The summed E-state index contributed by atoms with van der Waals surface area (Å²) in [7, 11) is -3.79. The first kappa shape index (κ1) is 32.4. The molecule has 3 aliphatic rings. The minimum absolute atomic E-state index is 0.0324. The molecule has 244 valence electrons. The average molecular weight is 665 g/mol. The monoisotopic (exact) mass is 664 g/mol. The Kier molecular flexibility index (Phi) is 9.88. The Balaban J connectivity index is 1.17. The number of esters is 1. The fourth-order valence-electron chi connectivity index (χ4n) is 6.52. The molecule has 0 spiro atoms. The second-order valence-electron chi connectivity index (χ2n) is 12.1. The van der Waals surface area contributed by atoms with Gasteiger partial charge in [-0.15, -0.1) is 11.3 Å². The van der Waals surface area contributed by atoms with E-state index >= 15 is 0 Å². The topological polar surface area (TPSA) is 116 Å². The van der Waals surface area contributed by atoms with E-state index in [-0.39, 0.29) is 35.8 Å². The van der Waals surface area contributed by atoms with Crippen molar-refractivity contribution < 1.29 is 27.5 Å². The number of ether oxygens (including phenoxy) is 1. The molecule has 10 nitrogen and oxygen atoms in total. The molecule has 4 heterocycles. The lowest BCUT2D eigenvalue weighted by molar-refractivity contribution is -0.149. The number of carbonyl (C=O) groups is 3. The third kappa shape index (κ3) is 6.90. The van der Waals surface area contributed by atoms with Crippen LogP contribution in [0.3, 0.4) is 0 Å². The molecule has 0 saturated carbocycles. The van der Waals surface area contributed by atoms with Crippen molar-refractivity contribution in [2.45, 2.75) is 57.0 Å². The molecular weight excluding hydrogens is 625 g/mol. The predicted molar refractivity (Wildman–Crippen MR) is 176 cm³/mol. The summed E-state index contributed by atoms with van der Waals surface area (Å²) in [4.78, 5) is 44.8. The van der Waals surface area contributed by atoms with Crippen LogP contribution in [0.15, 0.2) is 59.5 Å². The van der Waals surface area contributed by atoms with Crippen molar-refractivity contribution in [3.05, 3.63) is 81.7 Å². The molecule has 3 aliphatic heterocycles. The van der Waals surface area contributed by atoms with E-state index in [4.69, 9.17) is 4.74 Å². The van der Waals surface area contributed by atoms with Crippen LogP contribution in [0.5, 0.6) is 0 Å². The standard InChI is InChI=1S/C34H40N4O6S2/c1-2-44-34(41)26-14-20-38(21-15-26)46(42,43)27-12-10-25(11-13-27)31(39)35-32-30(33(40)37-17-6-7-18-37)28-16-19-36(23-29(28)45-32)22-24-8-4-3-5-9-24/h3-5,8-13,26H,2,6-7,14-23H2,1H3,(H,35,39). The van der Waals surface area contributed by atoms with E-state index < -0.39 is 15.9 Å². The quantitative estimate of drug-likeness (QED) is 0.328. The summed E-state index contributed by atoms with van der Waals surface area (Å²) < 4.78 is 33.1. The van der Waals surface area contributed by atoms with E-state index in [1.165, 1.54) is 45.5 Å². The minimum Gasteiger partial charge on any atom is -0.466 e. The van der Waals surface area contributed by atoms with Crippen LogP contribution in [0.1, 0.15) is 69.3 Å². The molecule has 0 bridgehead atoms. The van der Waals surface area contributed by atoms with E-state index in [9.17, 15) is 22.8 Å². The highest BCUT2D eigenvalue weighted by molar-refractivity contribution is 7.89. The molecule has 3 aromatic rings. The summed E-state index contributed by atoms with van der Waals surface area (Å²) in [6, 6.07) is 16.2. The molecule has 2 amide bonds. The molecule has 6 rings (SSSR count). The number of benzene rings is 2. The number of thiophene rings is 1. The Morgan fingerprint density at radius 1 is 0.935 bits per heavy atom. The second-order valence-corrected chi connectivity index (χ2v) is 15.1. The van der Waals surface area contributed by atoms with Crippen LogP contribution in [-0.4, -0.2) is 79.6 Å². The number of hydrogen-bond acceptors (Lipinski definition) is 8. The van der Waals surface area contributed by atoms with Gasteiger partial charge in [-0.25, -0.2) is 8.42 Å². The molecule has 0 atom stereocenters. The summed E-state index contributed by atoms with van der Waals surface area (Å²) in [6.07, 6.45) is 3.50. The lowest BCUT2D eigenvalue weighted by atomic mass is 9.98. The fraction of sp³-hybridized carbons (Fsp3) is 0.441. The highest BCUT2D eigenvalue weighted by Gasteiger charge is 2.34. The van der Waals surface area contributed by atoms with Gasteiger partial charge >= 0.3 is 5.97 Å². The summed E-state index contributed by atoms with van der Waals surface area (Å²) in [6.45, 7) is 6.28. The maximum Gasteiger partial charge on any atom is 0.309 e. The smallest absolute Gasteiger partial charge is 0.309 e. The first-order chi connectivity index (χ1) is 22.2. The number of piperidine rings is 1. The molecule has 46 heavy (non-hydrogen) atoms. The number of hydrogen-bond donors (Lipinski definition) is 1. The van der Waals surface area contributed by atoms with Gasteiger partial charge in [0.05, 0.1) is 23.0 Å². The molecule has 0 aliphatic carbocycles. The Hall–Kier alpha value is -3.58. The van der Waals surface area contributed by atoms with Gasteiger partial charge in [-0.05, 0) is 74.4 Å². The van der Waals surface area contributed by atoms with Crippen LogP contribution in [0.25, 0.3) is 0 Å². The predicted octanol–water partition coefficient (Wildman–Crippen LogP) is 4.76. The third-order valence-corrected chi connectivity index (χ3v) is 12.1. The first-order valence-electron chi connectivity index (χ1n) is 16.0.